The summed E-state index contributed by atoms with van der Waals surface area (Å²) in [6.07, 6.45) is 4.89. The highest BCUT2D eigenvalue weighted by atomic mass is 16.5. The van der Waals surface area contributed by atoms with Crippen molar-refractivity contribution in [1.82, 2.24) is 4.90 Å². The topological polar surface area (TPSA) is 29.5 Å². The monoisotopic (exact) mass is 233 g/mol. The molecule has 0 N–H and O–H groups in total. The van der Waals surface area contributed by atoms with E-state index >= 15 is 0 Å². The Morgan fingerprint density at radius 2 is 1.88 bits per heavy atom. The molecule has 1 amide bonds. The van der Waals surface area contributed by atoms with Gasteiger partial charge in [-0.3, -0.25) is 0 Å². The van der Waals surface area contributed by atoms with E-state index in [0.29, 0.717) is 6.54 Å². The summed E-state index contributed by atoms with van der Waals surface area (Å²) in [6.45, 7) is 4.51. The Morgan fingerprint density at radius 1 is 1.35 bits per heavy atom. The summed E-state index contributed by atoms with van der Waals surface area (Å²) < 4.78 is 4.58. The molecule has 0 fully saturated rings. The minimum absolute atomic E-state index is 0.351. The Labute approximate surface area is 103 Å². The highest BCUT2D eigenvalue weighted by Crippen LogP contribution is 2.06. The van der Waals surface area contributed by atoms with Gasteiger partial charge in [-0.25, -0.2) is 4.79 Å². The second kappa shape index (κ2) is 8.23. The first-order valence-electron chi connectivity index (χ1n) is 5.52. The third-order valence-electron chi connectivity index (χ3n) is 2.03. The number of benzene rings is 1. The number of ether oxygens (including phenoxy) is 1. The van der Waals surface area contributed by atoms with E-state index in [9.17, 15) is 4.79 Å². The standard InChI is InChI=1S/C12H13NO2.C2H6/c1-4-10-5-7-11(8-6-10)9-13(2)12(14)15-3;1-2/h1,5-8H,9H2,2-3H3;1-2H3. The molecule has 0 aliphatic heterocycles. The van der Waals surface area contributed by atoms with Crippen LogP contribution in [-0.4, -0.2) is 25.2 Å². The van der Waals surface area contributed by atoms with E-state index < -0.39 is 0 Å². The number of methoxy groups -OCH3 is 1. The second-order valence-corrected chi connectivity index (χ2v) is 3.17. The van der Waals surface area contributed by atoms with Gasteiger partial charge in [0, 0.05) is 19.2 Å². The quantitative estimate of drug-likeness (QED) is 0.735. The molecule has 1 rings (SSSR count). The number of rotatable bonds is 2. The Bertz CT molecular complexity index is 376. The van der Waals surface area contributed by atoms with Crippen molar-refractivity contribution in [2.75, 3.05) is 14.2 Å². The summed E-state index contributed by atoms with van der Waals surface area (Å²) in [5, 5.41) is 0. The van der Waals surface area contributed by atoms with Crippen molar-refractivity contribution in [3.8, 4) is 12.3 Å². The first-order chi connectivity index (χ1) is 8.17. The Hall–Kier alpha value is -1.95. The van der Waals surface area contributed by atoms with Gasteiger partial charge in [0.15, 0.2) is 0 Å². The lowest BCUT2D eigenvalue weighted by Crippen LogP contribution is -2.25. The van der Waals surface area contributed by atoms with Crippen molar-refractivity contribution in [3.05, 3.63) is 35.4 Å². The van der Waals surface area contributed by atoms with Gasteiger partial charge in [0.05, 0.1) is 7.11 Å². The zero-order chi connectivity index (χ0) is 13.3. The van der Waals surface area contributed by atoms with Crippen molar-refractivity contribution in [2.24, 2.45) is 0 Å². The van der Waals surface area contributed by atoms with Gasteiger partial charge in [0.25, 0.3) is 0 Å². The van der Waals surface area contributed by atoms with Crippen LogP contribution in [0.1, 0.15) is 25.0 Å². The van der Waals surface area contributed by atoms with Gasteiger partial charge in [-0.2, -0.15) is 0 Å². The first-order valence-corrected chi connectivity index (χ1v) is 5.52. The predicted octanol–water partition coefficient (Wildman–Crippen LogP) is 2.89. The van der Waals surface area contributed by atoms with Crippen molar-refractivity contribution in [3.63, 3.8) is 0 Å². The molecule has 0 aliphatic carbocycles. The molecule has 0 saturated heterocycles. The molecule has 0 aromatic heterocycles. The van der Waals surface area contributed by atoms with E-state index in [1.165, 1.54) is 12.0 Å². The van der Waals surface area contributed by atoms with Gasteiger partial charge in [-0.05, 0) is 17.7 Å². The van der Waals surface area contributed by atoms with Crippen LogP contribution in [0, 0.1) is 12.3 Å². The number of carbonyl (C=O) groups is 1. The van der Waals surface area contributed by atoms with Crippen molar-refractivity contribution in [2.45, 2.75) is 20.4 Å². The fourth-order valence-corrected chi connectivity index (χ4v) is 1.20. The van der Waals surface area contributed by atoms with Gasteiger partial charge in [0.2, 0.25) is 0 Å². The minimum atomic E-state index is -0.351. The van der Waals surface area contributed by atoms with Crippen LogP contribution in [0.5, 0.6) is 0 Å². The lowest BCUT2D eigenvalue weighted by atomic mass is 10.1. The summed E-state index contributed by atoms with van der Waals surface area (Å²) >= 11 is 0. The number of amides is 1. The van der Waals surface area contributed by atoms with Crippen LogP contribution in [0.2, 0.25) is 0 Å². The Balaban J connectivity index is 0.00000121. The molecule has 3 heteroatoms. The maximum absolute atomic E-state index is 11.1. The van der Waals surface area contributed by atoms with Crippen molar-refractivity contribution >= 4 is 6.09 Å². The molecule has 17 heavy (non-hydrogen) atoms. The summed E-state index contributed by atoms with van der Waals surface area (Å²) in [6, 6.07) is 7.49. The summed E-state index contributed by atoms with van der Waals surface area (Å²) in [5.41, 5.74) is 1.85. The molecule has 0 aliphatic rings. The van der Waals surface area contributed by atoms with E-state index in [-0.39, 0.29) is 6.09 Å². The lowest BCUT2D eigenvalue weighted by molar-refractivity contribution is 0.131. The van der Waals surface area contributed by atoms with Crippen molar-refractivity contribution < 1.29 is 9.53 Å². The van der Waals surface area contributed by atoms with E-state index in [2.05, 4.69) is 10.7 Å². The molecule has 3 nitrogen and oxygen atoms in total. The van der Waals surface area contributed by atoms with Crippen LogP contribution in [0.3, 0.4) is 0 Å². The first kappa shape index (κ1) is 15.0. The maximum atomic E-state index is 11.1. The molecule has 0 saturated carbocycles. The van der Waals surface area contributed by atoms with E-state index in [1.54, 1.807) is 7.05 Å². The second-order valence-electron chi connectivity index (χ2n) is 3.17. The molecule has 1 aromatic rings. The van der Waals surface area contributed by atoms with E-state index in [4.69, 9.17) is 6.42 Å². The summed E-state index contributed by atoms with van der Waals surface area (Å²) in [7, 11) is 3.04. The molecule has 0 atom stereocenters. The molecule has 92 valence electrons. The van der Waals surface area contributed by atoms with Gasteiger partial charge < -0.3 is 9.64 Å². The Morgan fingerprint density at radius 3 is 2.29 bits per heavy atom. The molecule has 0 heterocycles. The lowest BCUT2D eigenvalue weighted by Gasteiger charge is -2.15. The molecular weight excluding hydrogens is 214 g/mol. The molecule has 0 bridgehead atoms. The van der Waals surface area contributed by atoms with Crippen LogP contribution in [0.15, 0.2) is 24.3 Å². The molecule has 0 radical (unpaired) electrons. The third kappa shape index (κ3) is 5.07. The highest BCUT2D eigenvalue weighted by Gasteiger charge is 2.07. The highest BCUT2D eigenvalue weighted by molar-refractivity contribution is 5.66. The van der Waals surface area contributed by atoms with Crippen LogP contribution in [0.25, 0.3) is 0 Å². The number of carbonyl (C=O) groups excluding carboxylic acids is 1. The van der Waals surface area contributed by atoms with Gasteiger partial charge in [0.1, 0.15) is 0 Å². The predicted molar refractivity (Wildman–Crippen MR) is 69.6 cm³/mol. The largest absolute Gasteiger partial charge is 0.453 e. The molecule has 1 aromatic carbocycles. The number of hydrogen-bond acceptors (Lipinski definition) is 2. The maximum Gasteiger partial charge on any atom is 0.409 e. The van der Waals surface area contributed by atoms with Gasteiger partial charge >= 0.3 is 6.09 Å². The Kier molecular flexibility index (Phi) is 7.29. The van der Waals surface area contributed by atoms with Crippen molar-refractivity contribution in [1.29, 1.82) is 0 Å². The smallest absolute Gasteiger partial charge is 0.409 e. The summed E-state index contributed by atoms with van der Waals surface area (Å²) in [4.78, 5) is 12.6. The fraction of sp³-hybridized carbons (Fsp3) is 0.357. The summed E-state index contributed by atoms with van der Waals surface area (Å²) in [5.74, 6) is 2.54. The van der Waals surface area contributed by atoms with Gasteiger partial charge in [-0.15, -0.1) is 6.42 Å². The van der Waals surface area contributed by atoms with Crippen LogP contribution >= 0.6 is 0 Å². The van der Waals surface area contributed by atoms with Crippen LogP contribution < -0.4 is 0 Å². The van der Waals surface area contributed by atoms with Crippen LogP contribution in [-0.2, 0) is 11.3 Å². The third-order valence-corrected chi connectivity index (χ3v) is 2.03. The van der Waals surface area contributed by atoms with Gasteiger partial charge in [-0.1, -0.05) is 31.9 Å². The van der Waals surface area contributed by atoms with E-state index in [0.717, 1.165) is 11.1 Å². The zero-order valence-electron chi connectivity index (χ0n) is 10.9. The fourth-order valence-electron chi connectivity index (χ4n) is 1.20. The normalized spacial score (nSPS) is 8.41. The number of hydrogen-bond donors (Lipinski definition) is 0. The average Bonchev–Trinajstić information content (AvgIpc) is 2.40. The number of nitrogens with zero attached hydrogens (tertiary/aromatic N) is 1. The average molecular weight is 233 g/mol. The zero-order valence-corrected chi connectivity index (χ0v) is 10.9. The van der Waals surface area contributed by atoms with Crippen LogP contribution in [0.4, 0.5) is 4.79 Å². The van der Waals surface area contributed by atoms with E-state index in [1.807, 2.05) is 38.1 Å². The number of terminal acetylenes is 1. The molecule has 0 spiro atoms. The molecular formula is C14H19NO2. The molecule has 0 unspecified atom stereocenters. The SMILES string of the molecule is C#Cc1ccc(CN(C)C(=O)OC)cc1.CC. The minimum Gasteiger partial charge on any atom is -0.453 e.